The predicted octanol–water partition coefficient (Wildman–Crippen LogP) is 5.01. The molecule has 0 spiro atoms. The largest absolute Gasteiger partial charge is 0.495 e. The first kappa shape index (κ1) is 24.2. The number of methoxy groups -OCH3 is 1. The highest BCUT2D eigenvalue weighted by Crippen LogP contribution is 2.37. The second-order valence-electron chi connectivity index (χ2n) is 7.59. The van der Waals surface area contributed by atoms with Crippen molar-refractivity contribution in [1.82, 2.24) is 10.2 Å². The minimum Gasteiger partial charge on any atom is -0.495 e. The van der Waals surface area contributed by atoms with E-state index in [2.05, 4.69) is 21.2 Å². The van der Waals surface area contributed by atoms with E-state index in [9.17, 15) is 14.9 Å². The first-order chi connectivity index (χ1) is 16.3. The molecule has 1 amide bonds. The summed E-state index contributed by atoms with van der Waals surface area (Å²) in [5, 5.41) is 16.7. The highest BCUT2D eigenvalue weighted by atomic mass is 79.9. The summed E-state index contributed by atoms with van der Waals surface area (Å²) in [7, 11) is 1.51. The highest BCUT2D eigenvalue weighted by Gasteiger charge is 2.28. The number of nitrogens with one attached hydrogen (secondary N) is 1. The molecule has 1 fully saturated rings. The lowest BCUT2D eigenvalue weighted by Gasteiger charge is -2.37. The van der Waals surface area contributed by atoms with Crippen LogP contribution in [0.5, 0.6) is 5.75 Å². The normalized spacial score (nSPS) is 13.6. The Hall–Kier alpha value is -2.95. The number of anilines is 1. The molecule has 1 aliphatic heterocycles. The van der Waals surface area contributed by atoms with Gasteiger partial charge in [-0.1, -0.05) is 41.9 Å². The lowest BCUT2D eigenvalue weighted by Crippen LogP contribution is -2.52. The Kier molecular flexibility index (Phi) is 7.20. The molecule has 0 atom stereocenters. The summed E-state index contributed by atoms with van der Waals surface area (Å²) < 4.78 is 6.19. The zero-order chi connectivity index (χ0) is 24.4. The number of fused-ring (bicyclic) bond motifs is 1. The Bertz CT molecular complexity index is 1300. The average molecular weight is 564 g/mol. The van der Waals surface area contributed by atoms with Crippen LogP contribution in [0, 0.1) is 10.1 Å². The fourth-order valence-electron chi connectivity index (χ4n) is 3.99. The van der Waals surface area contributed by atoms with Crippen molar-refractivity contribution < 1.29 is 14.5 Å². The van der Waals surface area contributed by atoms with E-state index >= 15 is 0 Å². The topological polar surface area (TPSA) is 88.0 Å². The molecule has 1 saturated heterocycles. The van der Waals surface area contributed by atoms with Gasteiger partial charge in [0.25, 0.3) is 11.6 Å². The van der Waals surface area contributed by atoms with Crippen LogP contribution in [0.4, 0.5) is 11.4 Å². The van der Waals surface area contributed by atoms with Crippen LogP contribution < -0.4 is 15.0 Å². The maximum Gasteiger partial charge on any atom is 0.294 e. The Morgan fingerprint density at radius 3 is 2.56 bits per heavy atom. The smallest absolute Gasteiger partial charge is 0.294 e. The molecule has 3 aromatic carbocycles. The van der Waals surface area contributed by atoms with E-state index in [1.165, 1.54) is 13.2 Å². The van der Waals surface area contributed by atoms with Crippen molar-refractivity contribution in [3.8, 4) is 5.75 Å². The third-order valence-electron chi connectivity index (χ3n) is 5.66. The van der Waals surface area contributed by atoms with Gasteiger partial charge in [0.15, 0.2) is 5.11 Å². The van der Waals surface area contributed by atoms with Crippen LogP contribution in [0.25, 0.3) is 10.8 Å². The molecule has 1 aliphatic rings. The molecule has 11 heteroatoms. The highest BCUT2D eigenvalue weighted by molar-refractivity contribution is 9.10. The Morgan fingerprint density at radius 1 is 1.18 bits per heavy atom. The van der Waals surface area contributed by atoms with Crippen LogP contribution in [0.2, 0.25) is 5.02 Å². The van der Waals surface area contributed by atoms with Crippen LogP contribution in [0.1, 0.15) is 10.4 Å². The Balaban J connectivity index is 1.47. The van der Waals surface area contributed by atoms with E-state index in [-0.39, 0.29) is 16.7 Å². The second-order valence-corrected chi connectivity index (χ2v) is 9.18. The minimum absolute atomic E-state index is 0.0363. The third-order valence-corrected chi connectivity index (χ3v) is 7.11. The molecule has 176 valence electrons. The van der Waals surface area contributed by atoms with Gasteiger partial charge in [-0.25, -0.2) is 0 Å². The van der Waals surface area contributed by atoms with Gasteiger partial charge in [0.1, 0.15) is 11.4 Å². The summed E-state index contributed by atoms with van der Waals surface area (Å²) in [6.07, 6.45) is 0. The molecule has 0 saturated carbocycles. The number of rotatable bonds is 4. The number of hydrogen-bond acceptors (Lipinski definition) is 6. The van der Waals surface area contributed by atoms with Gasteiger partial charge in [0.2, 0.25) is 0 Å². The molecule has 4 rings (SSSR count). The van der Waals surface area contributed by atoms with Crippen molar-refractivity contribution in [3.63, 3.8) is 0 Å². The van der Waals surface area contributed by atoms with Crippen molar-refractivity contribution in [2.45, 2.75) is 0 Å². The van der Waals surface area contributed by atoms with Gasteiger partial charge in [0.05, 0.1) is 27.1 Å². The van der Waals surface area contributed by atoms with Crippen LogP contribution in [0.15, 0.2) is 53.0 Å². The van der Waals surface area contributed by atoms with Crippen molar-refractivity contribution in [2.75, 3.05) is 38.2 Å². The zero-order valence-corrected chi connectivity index (χ0v) is 21.2. The Labute approximate surface area is 214 Å². The quantitative estimate of drug-likeness (QED) is 0.271. The van der Waals surface area contributed by atoms with Gasteiger partial charge < -0.3 is 14.5 Å². The number of para-hydroxylation sites is 1. The maximum absolute atomic E-state index is 13.1. The van der Waals surface area contributed by atoms with Gasteiger partial charge in [-0.2, -0.15) is 0 Å². The molecule has 34 heavy (non-hydrogen) atoms. The van der Waals surface area contributed by atoms with E-state index in [0.29, 0.717) is 52.7 Å². The van der Waals surface area contributed by atoms with Crippen molar-refractivity contribution in [1.29, 1.82) is 0 Å². The summed E-state index contributed by atoms with van der Waals surface area (Å²) >= 11 is 15.3. The fourth-order valence-corrected chi connectivity index (χ4v) is 5.29. The van der Waals surface area contributed by atoms with Crippen LogP contribution in [0.3, 0.4) is 0 Å². The van der Waals surface area contributed by atoms with Gasteiger partial charge in [0, 0.05) is 32.2 Å². The maximum atomic E-state index is 13.1. The van der Waals surface area contributed by atoms with Gasteiger partial charge in [-0.15, -0.1) is 0 Å². The van der Waals surface area contributed by atoms with E-state index in [0.717, 1.165) is 10.8 Å². The van der Waals surface area contributed by atoms with E-state index in [1.54, 1.807) is 18.2 Å². The number of ether oxygens (including phenoxy) is 1. The number of nitrogens with zero attached hydrogens (tertiary/aromatic N) is 3. The van der Waals surface area contributed by atoms with Crippen LogP contribution in [-0.2, 0) is 0 Å². The first-order valence-corrected chi connectivity index (χ1v) is 11.9. The number of benzene rings is 3. The summed E-state index contributed by atoms with van der Waals surface area (Å²) in [6, 6.07) is 14.1. The number of amides is 1. The molecular weight excluding hydrogens is 544 g/mol. The number of piperazine rings is 1. The molecule has 0 aromatic heterocycles. The van der Waals surface area contributed by atoms with E-state index in [4.69, 9.17) is 28.6 Å². The monoisotopic (exact) mass is 562 g/mol. The van der Waals surface area contributed by atoms with Gasteiger partial charge in [-0.3, -0.25) is 20.2 Å². The zero-order valence-electron chi connectivity index (χ0n) is 18.1. The van der Waals surface area contributed by atoms with E-state index < -0.39 is 4.92 Å². The molecule has 0 unspecified atom stereocenters. The SMILES string of the molecule is COc1c(C(=O)NC(=S)N2CCN(c3c(Cl)cccc3[N+](=O)[O-])CC2)cc2ccccc2c1Br. The van der Waals surface area contributed by atoms with Crippen molar-refractivity contribution in [2.24, 2.45) is 0 Å². The number of nitro groups is 1. The number of carbonyl (C=O) groups excluding carboxylic acids is 1. The molecule has 1 heterocycles. The second kappa shape index (κ2) is 10.1. The minimum atomic E-state index is -0.437. The average Bonchev–Trinajstić information content (AvgIpc) is 2.83. The standard InChI is InChI=1S/C23H20BrClN4O4S/c1-33-21-16(13-14-5-2-3-6-15(14)19(21)24)22(30)26-23(34)28-11-9-27(10-12-28)20-17(25)7-4-8-18(20)29(31)32/h2-8,13H,9-12H2,1H3,(H,26,30,34). The molecule has 0 radical (unpaired) electrons. The van der Waals surface area contributed by atoms with Crippen molar-refractivity contribution in [3.05, 3.63) is 73.7 Å². The third kappa shape index (κ3) is 4.66. The molecule has 0 bridgehead atoms. The lowest BCUT2D eigenvalue weighted by molar-refractivity contribution is -0.384. The summed E-state index contributed by atoms with van der Waals surface area (Å²) in [4.78, 5) is 27.8. The van der Waals surface area contributed by atoms with Gasteiger partial charge >= 0.3 is 0 Å². The molecule has 3 aromatic rings. The summed E-state index contributed by atoms with van der Waals surface area (Å²) in [5.41, 5.74) is 0.723. The number of halogens is 2. The number of carbonyl (C=O) groups is 1. The molecule has 1 N–H and O–H groups in total. The fraction of sp³-hybridized carbons (Fsp3) is 0.217. The predicted molar refractivity (Wildman–Crippen MR) is 140 cm³/mol. The number of nitro benzene ring substituents is 1. The van der Waals surface area contributed by atoms with Crippen molar-refractivity contribution >= 4 is 72.9 Å². The molecule has 0 aliphatic carbocycles. The Morgan fingerprint density at radius 2 is 1.88 bits per heavy atom. The van der Waals surface area contributed by atoms with Crippen LogP contribution >= 0.6 is 39.7 Å². The molecular formula is C23H20BrClN4O4S. The van der Waals surface area contributed by atoms with Gasteiger partial charge in [-0.05, 0) is 51.1 Å². The number of hydrogen-bond donors (Lipinski definition) is 1. The summed E-state index contributed by atoms with van der Waals surface area (Å²) in [6.45, 7) is 1.87. The lowest BCUT2D eigenvalue weighted by atomic mass is 10.1. The number of thiocarbonyl (C=S) groups is 1. The van der Waals surface area contributed by atoms with E-state index in [1.807, 2.05) is 34.1 Å². The molecule has 8 nitrogen and oxygen atoms in total. The van der Waals surface area contributed by atoms with Crippen LogP contribution in [-0.4, -0.2) is 54.1 Å². The first-order valence-electron chi connectivity index (χ1n) is 10.3. The summed E-state index contributed by atoms with van der Waals surface area (Å²) in [5.74, 6) is 0.0484.